The second-order valence-corrected chi connectivity index (χ2v) is 38.5. The first-order chi connectivity index (χ1) is 69.6. The maximum atomic E-state index is 13.0. The number of piperazine rings is 1. The van der Waals surface area contributed by atoms with Crippen LogP contribution in [0.25, 0.3) is 54.1 Å². The fourth-order valence-corrected chi connectivity index (χ4v) is 17.9. The molecule has 7 aliphatic heterocycles. The molecule has 5 saturated heterocycles. The average molecular weight is 1960 g/mol. The van der Waals surface area contributed by atoms with Crippen molar-refractivity contribution in [2.45, 2.75) is 157 Å². The van der Waals surface area contributed by atoms with Gasteiger partial charge in [0.1, 0.15) is 0 Å². The number of benzene rings is 3. The second-order valence-electron chi connectivity index (χ2n) is 38.5. The van der Waals surface area contributed by atoms with Crippen LogP contribution in [0.2, 0.25) is 0 Å². The van der Waals surface area contributed by atoms with Gasteiger partial charge in [0, 0.05) is 150 Å². The van der Waals surface area contributed by atoms with Crippen molar-refractivity contribution in [2.75, 3.05) is 132 Å². The van der Waals surface area contributed by atoms with Crippen LogP contribution in [0.5, 0.6) is 0 Å². The van der Waals surface area contributed by atoms with Crippen molar-refractivity contribution in [3.05, 3.63) is 294 Å². The zero-order valence-corrected chi connectivity index (χ0v) is 83.2. The van der Waals surface area contributed by atoms with E-state index in [9.17, 15) is 43.2 Å². The van der Waals surface area contributed by atoms with E-state index in [0.29, 0.717) is 158 Å². The Labute approximate surface area is 846 Å². The van der Waals surface area contributed by atoms with Gasteiger partial charge in [-0.25, -0.2) is 43.7 Å². The molecule has 9 N–H and O–H groups in total. The minimum Gasteiger partial charge on any atom is -0.478 e. The van der Waals surface area contributed by atoms with Crippen molar-refractivity contribution >= 4 is 146 Å². The van der Waals surface area contributed by atoms with Crippen LogP contribution >= 0.6 is 0 Å². The third-order valence-corrected chi connectivity index (χ3v) is 27.1. The number of hydrogen-bond donors (Lipinski definition) is 9. The molecule has 16 rings (SSSR count). The van der Waals surface area contributed by atoms with Gasteiger partial charge in [-0.2, -0.15) is 0 Å². The van der Waals surface area contributed by atoms with Crippen LogP contribution < -0.4 is 46.2 Å². The highest BCUT2D eigenvalue weighted by Gasteiger charge is 2.33. The van der Waals surface area contributed by atoms with E-state index >= 15 is 0 Å². The van der Waals surface area contributed by atoms with Crippen LogP contribution in [0.1, 0.15) is 191 Å². The number of carboxylic acids is 4. The SMILES string of the molecule is [C-]#[N+]C1=CCC(C(=O)Nc2ccc(/C=C/C(=O)O)cc2N2CCC(C)CC2)=C1.[C-]#[N+]C1=CCC(C(=O)Nc2ccc(/C=C/C(=O)O)cc2N2CCC(C)CC2)=N1.[C-]#[N+]C1=CCC(C(=O)Nc2ccc(/C=C/C(=O)O)nc2N2CCC(C)CC2)=C1.[C-]#[N+]C1=CCC(C(=O)Nc2ccc(/C=C/C(=O)O)nc2N2CCC(C)CC2)=N1.[C-]#[N+]C1=CCC(C(=O)Nc2ccc(C(C)N3CCN(C)CC3)cc2C2=CCC(C)(C)CC2)=C1. The number of rotatable bonds is 25. The van der Waals surface area contributed by atoms with Crippen molar-refractivity contribution in [1.82, 2.24) is 19.8 Å². The van der Waals surface area contributed by atoms with Crippen molar-refractivity contribution in [2.24, 2.45) is 39.1 Å². The number of piperidine rings is 4. The predicted molar refractivity (Wildman–Crippen MR) is 569 cm³/mol. The normalized spacial score (nSPS) is 18.3. The molecule has 33 heteroatoms. The number of hydrogen-bond acceptors (Lipinski definition) is 19. The van der Waals surface area contributed by atoms with Gasteiger partial charge in [-0.15, -0.1) is 9.98 Å². The Morgan fingerprint density at radius 1 is 0.407 bits per heavy atom. The molecule has 11 aliphatic rings. The third-order valence-electron chi connectivity index (χ3n) is 27.1. The lowest BCUT2D eigenvalue weighted by molar-refractivity contribution is -0.132. The average Bonchev–Trinajstić information content (AvgIpc) is 1.58. The number of aliphatic carboxylic acids is 4. The first-order valence-electron chi connectivity index (χ1n) is 49.0. The maximum absolute atomic E-state index is 13.0. The standard InChI is InChI=1S/C28H36N4O.C22H23N3O3.2C21H22N4O3.C20H21N5O3/c1-20(32-16-14-31(5)15-17-32)22-7-9-26(30-27(33)23-6-8-24(18-23)29-4)25(19-22)21-10-12-28(2,3)13-11-21;1-15-9-11-25(12-10-15)20-13-16(4-8-21(26)27)3-7-19(20)24-22(28)17-5-6-18(14-17)23-2;1-14-9-11-25(12-10-14)18-13-15(4-8-20(26)27)3-5-16(18)24-21(28)17-6-7-19(22-2)23-17;1-14-9-11-25(12-10-14)20-18(7-5-16(23-20)6-8-19(26)27)24-21(28)15-3-4-17(13-15)22-2;1-13-9-11-25(12-10-13)19-15(5-3-14(22-19)4-8-18(26)27)24-20(28)16-6-7-17(21-2)23-16/h7-10,18-20H,6,11-17H2,1-3,5H3,(H,30,33);3-4,6-8,13-15H,5,9-12H2,1H3,(H,24,28)(H,26,27);3-5,7-8,13-14H,6,9-12H2,1H3,(H,24,28)(H,26,27);4-8,13-14H,3,9-12H2,1H3,(H,24,28)(H,26,27);3-5,7-8,13H,6,9-12H2,1H3,(H,24,28)(H,26,27)/b;2*8-4+;8-6+;8-4+. The lowest BCUT2D eigenvalue weighted by Gasteiger charge is -2.37. The van der Waals surface area contributed by atoms with Crippen LogP contribution in [0.15, 0.2) is 213 Å². The first kappa shape index (κ1) is 108. The second kappa shape index (κ2) is 51.4. The van der Waals surface area contributed by atoms with Gasteiger partial charge in [-0.3, -0.25) is 28.9 Å². The molecule has 33 nitrogen and oxygen atoms in total. The molecule has 5 amide bonds. The largest absolute Gasteiger partial charge is 0.478 e. The van der Waals surface area contributed by atoms with Crippen molar-refractivity contribution < 1.29 is 63.6 Å². The highest BCUT2D eigenvalue weighted by atomic mass is 16.4. The van der Waals surface area contributed by atoms with E-state index in [2.05, 4.69) is 180 Å². The van der Waals surface area contributed by atoms with Gasteiger partial charge in [0.2, 0.25) is 0 Å². The highest BCUT2D eigenvalue weighted by Crippen LogP contribution is 2.43. The molecule has 0 radical (unpaired) electrons. The van der Waals surface area contributed by atoms with E-state index in [1.54, 1.807) is 91.1 Å². The number of amides is 5. The lowest BCUT2D eigenvalue weighted by Crippen LogP contribution is -2.45. The molecule has 0 spiro atoms. The quantitative estimate of drug-likeness (QED) is 0.0194. The summed E-state index contributed by atoms with van der Waals surface area (Å²) in [6, 6.07) is 24.6. The Bertz CT molecular complexity index is 5910. The van der Waals surface area contributed by atoms with Crippen LogP contribution in [0.3, 0.4) is 0 Å². The van der Waals surface area contributed by atoms with E-state index in [0.717, 1.165) is 207 Å². The van der Waals surface area contributed by atoms with Gasteiger partial charge < -0.3 is 81.2 Å². The number of nitrogens with zero attached hydrogens (tertiary/aromatic N) is 15. The Morgan fingerprint density at radius 3 is 1.12 bits per heavy atom. The van der Waals surface area contributed by atoms with E-state index in [4.69, 9.17) is 53.3 Å². The molecule has 750 valence electrons. The van der Waals surface area contributed by atoms with Gasteiger partial charge in [-0.1, -0.05) is 109 Å². The number of allylic oxidation sites excluding steroid dienone is 10. The van der Waals surface area contributed by atoms with Crippen LogP contribution in [-0.4, -0.2) is 191 Å². The number of pyridine rings is 2. The van der Waals surface area contributed by atoms with Gasteiger partial charge in [0.15, 0.2) is 40.2 Å². The number of carboxylic acid groups (broad SMARTS) is 4. The van der Waals surface area contributed by atoms with Gasteiger partial charge in [0.25, 0.3) is 41.2 Å². The fourth-order valence-electron chi connectivity index (χ4n) is 17.9. The van der Waals surface area contributed by atoms with Crippen molar-refractivity contribution in [1.29, 1.82) is 0 Å². The number of carbonyl (C=O) groups is 9. The van der Waals surface area contributed by atoms with Crippen LogP contribution in [-0.2, 0) is 43.2 Å². The fraction of sp³-hybridized carbons (Fsp3) is 0.375. The molecule has 145 heavy (non-hydrogen) atoms. The van der Waals surface area contributed by atoms with Gasteiger partial charge >= 0.3 is 23.9 Å². The Hall–Kier alpha value is -16.3. The summed E-state index contributed by atoms with van der Waals surface area (Å²) >= 11 is 0. The number of nitrogens with one attached hydrogen (secondary N) is 5. The zero-order chi connectivity index (χ0) is 104. The summed E-state index contributed by atoms with van der Waals surface area (Å²) in [7, 11) is 2.19. The minimum absolute atomic E-state index is 0.109. The lowest BCUT2D eigenvalue weighted by atomic mass is 9.76. The Kier molecular flexibility index (Phi) is 38.1. The highest BCUT2D eigenvalue weighted by molar-refractivity contribution is 6.45. The zero-order valence-electron chi connectivity index (χ0n) is 83.2. The molecule has 0 bridgehead atoms. The molecule has 1 unspecified atom stereocenters. The summed E-state index contributed by atoms with van der Waals surface area (Å²) in [5.74, 6) is -1.01. The summed E-state index contributed by atoms with van der Waals surface area (Å²) in [6.07, 6.45) is 39.8. The molecule has 1 atom stereocenters. The molecule has 5 fully saturated rings. The smallest absolute Gasteiger partial charge is 0.328 e. The van der Waals surface area contributed by atoms with E-state index < -0.39 is 23.9 Å². The van der Waals surface area contributed by atoms with Crippen molar-refractivity contribution in [3.63, 3.8) is 0 Å². The van der Waals surface area contributed by atoms with E-state index in [1.165, 1.54) is 29.4 Å². The summed E-state index contributed by atoms with van der Waals surface area (Å²) in [6.45, 7) is 62.2. The molecule has 3 aromatic carbocycles. The van der Waals surface area contributed by atoms with E-state index in [1.807, 2.05) is 24.3 Å². The maximum Gasteiger partial charge on any atom is 0.328 e. The monoisotopic (exact) mass is 1960 g/mol. The summed E-state index contributed by atoms with van der Waals surface area (Å²) in [4.78, 5) is 154. The number of likely N-dealkylation sites (N-methyl/N-ethyl adjacent to an activating group) is 1. The summed E-state index contributed by atoms with van der Waals surface area (Å²) in [5.41, 5.74) is 15.7. The topological polar surface area (TPSA) is 386 Å². The van der Waals surface area contributed by atoms with Crippen LogP contribution in [0.4, 0.5) is 51.4 Å². The summed E-state index contributed by atoms with van der Waals surface area (Å²) in [5, 5.41) is 50.2. The predicted octanol–water partition coefficient (Wildman–Crippen LogP) is 19.8. The molecule has 4 aliphatic carbocycles. The number of aliphatic imine (C=N–C) groups is 2. The summed E-state index contributed by atoms with van der Waals surface area (Å²) < 4.78 is 0. The van der Waals surface area contributed by atoms with E-state index in [-0.39, 0.29) is 41.2 Å². The molecular formula is C112H124N20O13. The first-order valence-corrected chi connectivity index (χ1v) is 49.0. The Balaban J connectivity index is 0.000000162. The third kappa shape index (κ3) is 31.4. The molecule has 5 aromatic rings. The number of anilines is 9. The van der Waals surface area contributed by atoms with Crippen LogP contribution in [0, 0.1) is 61.9 Å². The Morgan fingerprint density at radius 2 is 0.759 bits per heavy atom. The molecule has 9 heterocycles. The molecular weight excluding hydrogens is 1830 g/mol. The van der Waals surface area contributed by atoms with Gasteiger partial charge in [-0.05, 0) is 258 Å². The minimum atomic E-state index is -1.05. The number of aromatic nitrogens is 2. The molecule has 0 saturated carbocycles. The van der Waals surface area contributed by atoms with Gasteiger partial charge in [0.05, 0.1) is 65.2 Å². The van der Waals surface area contributed by atoms with Crippen molar-refractivity contribution in [3.8, 4) is 0 Å². The number of carbonyl (C=O) groups excluding carboxylic acids is 5. The molecule has 2 aromatic heterocycles.